The number of rotatable bonds is 17. The second-order valence-electron chi connectivity index (χ2n) is 18.0. The Morgan fingerprint density at radius 3 is 2.03 bits per heavy atom. The molecule has 1 fully saturated rings. The van der Waals surface area contributed by atoms with Gasteiger partial charge in [-0.25, -0.2) is 19.7 Å². The largest absolute Gasteiger partial charge is 0.481 e. The van der Waals surface area contributed by atoms with Gasteiger partial charge in [0.05, 0.1) is 22.4 Å². The SMILES string of the molecule is CC(C)(C)OC(=O)C(C)(C)ON=C(C(=O)NC1C(=O)N2C(CC(C)(C)C(=O)O)=C(CSc3cn[nH]c(=O)n3)CS(=O)[C@@H]12)c1csc(NC(c2ccccc2)(c2ccccc2)c2ccccc2)n1. The highest BCUT2D eigenvalue weighted by Crippen LogP contribution is 2.43. The first-order valence-electron chi connectivity index (χ1n) is 21.1. The number of β-lactam (4-membered cyclic amide) rings is 1. The number of nitrogens with zero attached hydrogens (tertiary/aromatic N) is 5. The van der Waals surface area contributed by atoms with Crippen LogP contribution < -0.4 is 16.3 Å². The van der Waals surface area contributed by atoms with Gasteiger partial charge in [0.15, 0.2) is 10.8 Å². The van der Waals surface area contributed by atoms with Crippen LogP contribution in [0.15, 0.2) is 129 Å². The maximum Gasteiger partial charge on any atom is 0.362 e. The summed E-state index contributed by atoms with van der Waals surface area (Å²) in [6.45, 7) is 11.0. The third-order valence-electron chi connectivity index (χ3n) is 10.9. The summed E-state index contributed by atoms with van der Waals surface area (Å²) >= 11 is 2.31. The van der Waals surface area contributed by atoms with E-state index in [4.69, 9.17) is 14.6 Å². The van der Waals surface area contributed by atoms with Gasteiger partial charge in [0.1, 0.15) is 33.3 Å². The van der Waals surface area contributed by atoms with Crippen molar-refractivity contribution in [1.29, 1.82) is 0 Å². The van der Waals surface area contributed by atoms with Crippen molar-refractivity contribution in [3.63, 3.8) is 0 Å². The molecule has 67 heavy (non-hydrogen) atoms. The number of H-pyrrole nitrogens is 1. The fourth-order valence-electron chi connectivity index (χ4n) is 7.41. The summed E-state index contributed by atoms with van der Waals surface area (Å²) in [7, 11) is -1.79. The number of oxime groups is 1. The first kappa shape index (κ1) is 48.4. The summed E-state index contributed by atoms with van der Waals surface area (Å²) in [5.41, 5.74) is -2.34. The third-order valence-corrected chi connectivity index (χ3v) is 14.3. The van der Waals surface area contributed by atoms with E-state index in [-0.39, 0.29) is 28.6 Å². The number of thioether (sulfide) groups is 1. The molecule has 2 amide bonds. The molecule has 3 atom stereocenters. The Kier molecular flexibility index (Phi) is 14.0. The smallest absolute Gasteiger partial charge is 0.362 e. The number of anilines is 1. The van der Waals surface area contributed by atoms with Crippen LogP contribution >= 0.6 is 23.1 Å². The number of nitrogens with one attached hydrogen (secondary N) is 3. The number of esters is 1. The normalized spacial score (nSPS) is 17.8. The van der Waals surface area contributed by atoms with E-state index < -0.39 is 79.5 Å². The van der Waals surface area contributed by atoms with E-state index in [1.54, 1.807) is 26.2 Å². The molecule has 0 radical (unpaired) electrons. The Balaban J connectivity index is 1.24. The average molecular weight is 967 g/mol. The topological polar surface area (TPSA) is 235 Å². The van der Waals surface area contributed by atoms with Crippen molar-refractivity contribution in [3.8, 4) is 0 Å². The van der Waals surface area contributed by atoms with Crippen LogP contribution in [-0.2, 0) is 45.1 Å². The van der Waals surface area contributed by atoms with Crippen molar-refractivity contribution < 1.29 is 38.1 Å². The summed E-state index contributed by atoms with van der Waals surface area (Å²) in [6.07, 6.45) is 1.24. The Bertz CT molecular complexity index is 2710. The van der Waals surface area contributed by atoms with Crippen molar-refractivity contribution >= 4 is 68.5 Å². The molecular weight excluding hydrogens is 917 g/mol. The number of aliphatic carboxylic acids is 1. The molecule has 350 valence electrons. The van der Waals surface area contributed by atoms with Gasteiger partial charge in [-0.05, 0) is 70.7 Å². The lowest BCUT2D eigenvalue weighted by Crippen LogP contribution is -2.73. The van der Waals surface area contributed by atoms with E-state index in [0.29, 0.717) is 16.4 Å². The molecule has 4 N–H and O–H groups in total. The zero-order valence-electron chi connectivity index (χ0n) is 37.8. The highest BCUT2D eigenvalue weighted by Gasteiger charge is 2.56. The van der Waals surface area contributed by atoms with Crippen molar-refractivity contribution in [2.75, 3.05) is 16.8 Å². The number of carboxylic acid groups (broad SMARTS) is 1. The molecule has 0 bridgehead atoms. The monoisotopic (exact) mass is 966 g/mol. The van der Waals surface area contributed by atoms with Crippen LogP contribution in [0.1, 0.15) is 77.3 Å². The first-order chi connectivity index (χ1) is 31.7. The first-order valence-corrected chi connectivity index (χ1v) is 24.3. The Morgan fingerprint density at radius 1 is 0.910 bits per heavy atom. The van der Waals surface area contributed by atoms with E-state index in [0.717, 1.165) is 28.5 Å². The highest BCUT2D eigenvalue weighted by atomic mass is 32.2. The number of allylic oxidation sites excluding steroid dienone is 1. The highest BCUT2D eigenvalue weighted by molar-refractivity contribution is 7.99. The van der Waals surface area contributed by atoms with Gasteiger partial charge < -0.3 is 25.3 Å². The molecule has 17 nitrogen and oxygen atoms in total. The third kappa shape index (κ3) is 10.6. The fraction of sp³-hybridized carbons (Fsp3) is 0.340. The zero-order chi connectivity index (χ0) is 48.3. The molecule has 2 aliphatic rings. The Morgan fingerprint density at radius 2 is 1.49 bits per heavy atom. The number of carbonyl (C=O) groups excluding carboxylic acids is 3. The van der Waals surface area contributed by atoms with Gasteiger partial charge >= 0.3 is 17.6 Å². The van der Waals surface area contributed by atoms with Gasteiger partial charge in [-0.1, -0.05) is 96.2 Å². The van der Waals surface area contributed by atoms with Crippen LogP contribution in [0.5, 0.6) is 0 Å². The fourth-order valence-corrected chi connectivity index (χ4v) is 10.9. The Labute approximate surface area is 397 Å². The second-order valence-corrected chi connectivity index (χ2v) is 21.3. The molecule has 1 saturated heterocycles. The average Bonchev–Trinajstić information content (AvgIpc) is 3.75. The number of benzene rings is 3. The molecule has 0 saturated carbocycles. The molecule has 2 aromatic heterocycles. The minimum Gasteiger partial charge on any atom is -0.481 e. The number of hydrogen-bond donors (Lipinski definition) is 4. The molecule has 0 spiro atoms. The van der Waals surface area contributed by atoms with Crippen LogP contribution in [0.4, 0.5) is 5.13 Å². The minimum absolute atomic E-state index is 0.0346. The summed E-state index contributed by atoms with van der Waals surface area (Å²) in [6, 6.07) is 28.2. The van der Waals surface area contributed by atoms with Crippen LogP contribution in [0.25, 0.3) is 0 Å². The number of fused-ring (bicyclic) bond motifs is 1. The number of carboxylic acids is 1. The van der Waals surface area contributed by atoms with Crippen LogP contribution in [0.3, 0.4) is 0 Å². The number of aromatic nitrogens is 4. The summed E-state index contributed by atoms with van der Waals surface area (Å²) in [4.78, 5) is 82.1. The van der Waals surface area contributed by atoms with E-state index in [9.17, 15) is 33.3 Å². The summed E-state index contributed by atoms with van der Waals surface area (Å²) in [5.74, 6) is -3.35. The summed E-state index contributed by atoms with van der Waals surface area (Å²) < 4.78 is 19.7. The number of aromatic amines is 1. The number of amides is 2. The minimum atomic E-state index is -1.79. The van der Waals surface area contributed by atoms with Gasteiger partial charge in [0.2, 0.25) is 5.60 Å². The maximum absolute atomic E-state index is 14.6. The molecule has 3 aromatic carbocycles. The number of carbonyl (C=O) groups is 4. The predicted molar refractivity (Wildman–Crippen MR) is 255 cm³/mol. The molecular formula is C47H50N8O9S3. The predicted octanol–water partition coefficient (Wildman–Crippen LogP) is 5.83. The van der Waals surface area contributed by atoms with Gasteiger partial charge in [0, 0.05) is 29.0 Å². The van der Waals surface area contributed by atoms with E-state index in [1.165, 1.54) is 50.1 Å². The van der Waals surface area contributed by atoms with Gasteiger partial charge in [-0.2, -0.15) is 10.1 Å². The van der Waals surface area contributed by atoms with Crippen molar-refractivity contribution in [3.05, 3.63) is 147 Å². The lowest BCUT2D eigenvalue weighted by molar-refractivity contribution is -0.179. The van der Waals surface area contributed by atoms with Gasteiger partial charge in [-0.3, -0.25) is 23.5 Å². The Hall–Kier alpha value is -6.51. The molecule has 4 heterocycles. The van der Waals surface area contributed by atoms with Crippen molar-refractivity contribution in [1.82, 2.24) is 30.4 Å². The van der Waals surface area contributed by atoms with Crippen LogP contribution in [0, 0.1) is 5.41 Å². The molecule has 20 heteroatoms. The van der Waals surface area contributed by atoms with E-state index in [2.05, 4.69) is 31.0 Å². The summed E-state index contributed by atoms with van der Waals surface area (Å²) in [5, 5.41) is 27.8. The standard InChI is InChI=1S/C47H50N8O9S3/c1-44(2,3)63-41(60)46(6,7)64-54-35(32-26-66-43(49-32)52-47(29-17-11-8-12-18-29,30-19-13-9-14-20-30)31-21-15-10-16-22-31)37(56)51-36-38(57)55-33(23-45(4,5)40(58)59)28(27-67(62)39(36)55)25-65-34-24-48-53-42(61)50-34/h8-22,24,26,36,39H,23,25,27H2,1-7H3,(H,49,52)(H,51,56)(H,58,59)(H,50,53,61)/t36?,39-,67?/m0/s1. The zero-order valence-corrected chi connectivity index (χ0v) is 40.2. The lowest BCUT2D eigenvalue weighted by atomic mass is 9.77. The number of ether oxygens (including phenoxy) is 1. The molecule has 7 rings (SSSR count). The number of thiazole rings is 1. The van der Waals surface area contributed by atoms with Gasteiger partial charge in [0.25, 0.3) is 11.8 Å². The van der Waals surface area contributed by atoms with Crippen LogP contribution in [-0.4, -0.2) is 98.0 Å². The van der Waals surface area contributed by atoms with Crippen LogP contribution in [0.2, 0.25) is 0 Å². The van der Waals surface area contributed by atoms with Crippen molar-refractivity contribution in [2.45, 2.75) is 88.1 Å². The maximum atomic E-state index is 14.6. The number of hydrogen-bond acceptors (Lipinski definition) is 15. The van der Waals surface area contributed by atoms with E-state index in [1.807, 2.05) is 91.0 Å². The molecule has 5 aromatic rings. The lowest BCUT2D eigenvalue weighted by Gasteiger charge is -2.51. The quantitative estimate of drug-likeness (QED) is 0.0215. The molecule has 0 aliphatic carbocycles. The molecule has 2 aliphatic heterocycles. The van der Waals surface area contributed by atoms with Crippen molar-refractivity contribution in [2.24, 2.45) is 10.6 Å². The molecule has 2 unspecified atom stereocenters. The van der Waals surface area contributed by atoms with E-state index >= 15 is 0 Å². The second kappa shape index (κ2) is 19.4. The van der Waals surface area contributed by atoms with Gasteiger partial charge in [-0.15, -0.1) is 23.1 Å².